The fraction of sp³-hybridized carbons (Fsp3) is 1.00. The Morgan fingerprint density at radius 1 is 0.950 bits per heavy atom. The predicted molar refractivity (Wildman–Crippen MR) is 84.6 cm³/mol. The van der Waals surface area contributed by atoms with E-state index < -0.39 is 0 Å². The smallest absolute Gasteiger partial charge is 0.210 e. The van der Waals surface area contributed by atoms with Gasteiger partial charge in [-0.25, -0.2) is 0 Å². The van der Waals surface area contributed by atoms with Gasteiger partial charge in [0.1, 0.15) is 0 Å². The third-order valence-corrected chi connectivity index (χ3v) is 4.82. The lowest BCUT2D eigenvalue weighted by Crippen LogP contribution is -2.14. The molecule has 0 bridgehead atoms. The molecule has 1 fully saturated rings. The van der Waals surface area contributed by atoms with Gasteiger partial charge in [-0.15, -0.1) is 0 Å². The Kier molecular flexibility index (Phi) is 9.69. The summed E-state index contributed by atoms with van der Waals surface area (Å²) in [7, 11) is 0. The average molecular weight is 283 g/mol. The molecule has 0 saturated heterocycles. The zero-order chi connectivity index (χ0) is 14.6. The molecule has 20 heavy (non-hydrogen) atoms. The normalized spacial score (nSPS) is 17.4. The maximum absolute atomic E-state index is 10.5. The summed E-state index contributed by atoms with van der Waals surface area (Å²) in [5.41, 5.74) is 0. The van der Waals surface area contributed by atoms with E-state index in [1.165, 1.54) is 77.0 Å². The first-order valence-electron chi connectivity index (χ1n) is 8.83. The van der Waals surface area contributed by atoms with Crippen LogP contribution in [0, 0.1) is 16.0 Å². The maximum atomic E-state index is 10.5. The van der Waals surface area contributed by atoms with Crippen LogP contribution in [0.3, 0.4) is 0 Å². The second-order valence-corrected chi connectivity index (χ2v) is 6.69. The molecule has 1 atom stereocenters. The zero-order valence-corrected chi connectivity index (χ0v) is 13.3. The van der Waals surface area contributed by atoms with Crippen molar-refractivity contribution in [3.8, 4) is 0 Å². The van der Waals surface area contributed by atoms with E-state index in [2.05, 4.69) is 0 Å². The maximum Gasteiger partial charge on any atom is 0.210 e. The zero-order valence-electron chi connectivity index (χ0n) is 13.3. The van der Waals surface area contributed by atoms with Gasteiger partial charge in [0.25, 0.3) is 0 Å². The molecule has 118 valence electrons. The van der Waals surface area contributed by atoms with E-state index in [-0.39, 0.29) is 11.0 Å². The molecule has 3 heteroatoms. The minimum absolute atomic E-state index is 0.162. The minimum Gasteiger partial charge on any atom is -0.264 e. The Bertz CT molecular complexity index is 249. The Hall–Kier alpha value is -0.600. The summed E-state index contributed by atoms with van der Waals surface area (Å²) in [6, 6.07) is -0.356. The monoisotopic (exact) mass is 283 g/mol. The number of nitro groups is 1. The van der Waals surface area contributed by atoms with Crippen molar-refractivity contribution in [1.29, 1.82) is 0 Å². The van der Waals surface area contributed by atoms with Crippen molar-refractivity contribution in [3.05, 3.63) is 10.1 Å². The van der Waals surface area contributed by atoms with E-state index in [1.54, 1.807) is 6.92 Å². The van der Waals surface area contributed by atoms with Gasteiger partial charge in [-0.1, -0.05) is 77.0 Å². The van der Waals surface area contributed by atoms with Crippen LogP contribution in [0.15, 0.2) is 0 Å². The minimum atomic E-state index is -0.356. The molecule has 3 nitrogen and oxygen atoms in total. The Labute approximate surface area is 124 Å². The van der Waals surface area contributed by atoms with Gasteiger partial charge in [0, 0.05) is 18.3 Å². The van der Waals surface area contributed by atoms with Gasteiger partial charge in [-0.05, 0) is 12.3 Å². The highest BCUT2D eigenvalue weighted by molar-refractivity contribution is 4.67. The van der Waals surface area contributed by atoms with E-state index in [4.69, 9.17) is 0 Å². The van der Waals surface area contributed by atoms with E-state index in [1.807, 2.05) is 0 Å². The lowest BCUT2D eigenvalue weighted by Gasteiger charge is -2.08. The van der Waals surface area contributed by atoms with Crippen LogP contribution in [0.25, 0.3) is 0 Å². The van der Waals surface area contributed by atoms with Gasteiger partial charge >= 0.3 is 0 Å². The highest BCUT2D eigenvalue weighted by Gasteiger charge is 2.13. The third kappa shape index (κ3) is 8.55. The summed E-state index contributed by atoms with van der Waals surface area (Å²) in [5.74, 6) is 1.05. The van der Waals surface area contributed by atoms with E-state index >= 15 is 0 Å². The number of nitrogens with zero attached hydrogens (tertiary/aromatic N) is 1. The van der Waals surface area contributed by atoms with Crippen LogP contribution in [0.4, 0.5) is 0 Å². The molecule has 0 heterocycles. The lowest BCUT2D eigenvalue weighted by atomic mass is 9.99. The topological polar surface area (TPSA) is 43.1 Å². The van der Waals surface area contributed by atoms with Crippen LogP contribution in [-0.2, 0) is 0 Å². The molecule has 0 aromatic rings. The second-order valence-electron chi connectivity index (χ2n) is 6.69. The lowest BCUT2D eigenvalue weighted by molar-refractivity contribution is -0.519. The van der Waals surface area contributed by atoms with Crippen LogP contribution in [0.5, 0.6) is 0 Å². The number of rotatable bonds is 12. The summed E-state index contributed by atoms with van der Waals surface area (Å²) >= 11 is 0. The fourth-order valence-electron chi connectivity index (χ4n) is 3.34. The summed E-state index contributed by atoms with van der Waals surface area (Å²) < 4.78 is 0. The summed E-state index contributed by atoms with van der Waals surface area (Å²) in [5, 5.41) is 10.5. The molecule has 0 aromatic carbocycles. The van der Waals surface area contributed by atoms with Crippen molar-refractivity contribution in [2.75, 3.05) is 0 Å². The Morgan fingerprint density at radius 3 is 2.00 bits per heavy atom. The van der Waals surface area contributed by atoms with Gasteiger partial charge < -0.3 is 0 Å². The number of hydrogen-bond donors (Lipinski definition) is 0. The van der Waals surface area contributed by atoms with Gasteiger partial charge in [0.2, 0.25) is 6.04 Å². The van der Waals surface area contributed by atoms with Crippen molar-refractivity contribution in [3.63, 3.8) is 0 Å². The van der Waals surface area contributed by atoms with Crippen molar-refractivity contribution in [2.45, 2.75) is 103 Å². The molecule has 0 spiro atoms. The molecular formula is C17H33NO2. The summed E-state index contributed by atoms with van der Waals surface area (Å²) in [4.78, 5) is 10.3. The molecule has 1 rings (SSSR count). The summed E-state index contributed by atoms with van der Waals surface area (Å²) in [6.07, 6.45) is 18.5. The average Bonchev–Trinajstić information content (AvgIpc) is 2.93. The Balaban J connectivity index is 1.75. The summed E-state index contributed by atoms with van der Waals surface area (Å²) in [6.45, 7) is 1.71. The van der Waals surface area contributed by atoms with Gasteiger partial charge in [-0.3, -0.25) is 10.1 Å². The molecule has 0 aromatic heterocycles. The molecule has 1 saturated carbocycles. The van der Waals surface area contributed by atoms with E-state index in [0.717, 1.165) is 18.8 Å². The number of hydrogen-bond acceptors (Lipinski definition) is 2. The molecule has 0 N–H and O–H groups in total. The quantitative estimate of drug-likeness (QED) is 0.260. The van der Waals surface area contributed by atoms with E-state index in [0.29, 0.717) is 0 Å². The van der Waals surface area contributed by atoms with Crippen LogP contribution < -0.4 is 0 Å². The first kappa shape index (κ1) is 17.5. The SMILES string of the molecule is CC(CCCCCCCCCCC1CCCC1)[N+](=O)[O-]. The molecule has 1 unspecified atom stereocenters. The first-order chi connectivity index (χ1) is 9.70. The molecule has 0 amide bonds. The molecular weight excluding hydrogens is 250 g/mol. The predicted octanol–water partition coefficient (Wildman–Crippen LogP) is 5.74. The van der Waals surface area contributed by atoms with Crippen LogP contribution in [0.2, 0.25) is 0 Å². The van der Waals surface area contributed by atoms with Crippen LogP contribution >= 0.6 is 0 Å². The van der Waals surface area contributed by atoms with Gasteiger partial charge in [-0.2, -0.15) is 0 Å². The van der Waals surface area contributed by atoms with E-state index in [9.17, 15) is 10.1 Å². The highest BCUT2D eigenvalue weighted by atomic mass is 16.6. The van der Waals surface area contributed by atoms with Crippen LogP contribution in [0.1, 0.15) is 96.8 Å². The largest absolute Gasteiger partial charge is 0.264 e. The Morgan fingerprint density at radius 2 is 1.45 bits per heavy atom. The molecule has 1 aliphatic rings. The molecule has 0 aliphatic heterocycles. The van der Waals surface area contributed by atoms with Crippen molar-refractivity contribution in [1.82, 2.24) is 0 Å². The first-order valence-corrected chi connectivity index (χ1v) is 8.83. The highest BCUT2D eigenvalue weighted by Crippen LogP contribution is 2.29. The standard InChI is InChI=1S/C17H33NO2/c1-16(18(19)20)12-8-6-4-2-3-5-7-9-13-17-14-10-11-15-17/h16-17H,2-15H2,1H3. The van der Waals surface area contributed by atoms with Crippen LogP contribution in [-0.4, -0.2) is 11.0 Å². The fourth-order valence-corrected chi connectivity index (χ4v) is 3.34. The van der Waals surface area contributed by atoms with Gasteiger partial charge in [0.15, 0.2) is 0 Å². The molecule has 1 aliphatic carbocycles. The van der Waals surface area contributed by atoms with Gasteiger partial charge in [0.05, 0.1) is 0 Å². The molecule has 0 radical (unpaired) electrons. The van der Waals surface area contributed by atoms with Crippen molar-refractivity contribution < 1.29 is 4.92 Å². The third-order valence-electron chi connectivity index (χ3n) is 4.82. The second kappa shape index (κ2) is 11.1. The number of unbranched alkanes of at least 4 members (excludes halogenated alkanes) is 7. The van der Waals surface area contributed by atoms with Crippen molar-refractivity contribution in [2.24, 2.45) is 5.92 Å². The van der Waals surface area contributed by atoms with Crippen molar-refractivity contribution >= 4 is 0 Å².